The molecular weight excluding hydrogens is 388 g/mol. The Morgan fingerprint density at radius 3 is 2.45 bits per heavy atom. The van der Waals surface area contributed by atoms with Gasteiger partial charge in [0.05, 0.1) is 11.3 Å². The molecule has 2 aromatic rings. The van der Waals surface area contributed by atoms with Crippen molar-refractivity contribution in [2.24, 2.45) is 0 Å². The van der Waals surface area contributed by atoms with Crippen LogP contribution in [0.25, 0.3) is 0 Å². The van der Waals surface area contributed by atoms with Gasteiger partial charge in [0, 0.05) is 24.7 Å². The molecular formula is C22H26N2O4S. The molecule has 0 aliphatic heterocycles. The number of rotatable bonds is 7. The smallest absolute Gasteiger partial charge is 0.340 e. The van der Waals surface area contributed by atoms with E-state index in [0.717, 1.165) is 11.1 Å². The molecule has 0 aromatic heterocycles. The van der Waals surface area contributed by atoms with Crippen molar-refractivity contribution >= 4 is 35.2 Å². The zero-order valence-corrected chi connectivity index (χ0v) is 18.1. The number of carbonyl (C=O) groups is 3. The lowest BCUT2D eigenvalue weighted by atomic mass is 10.1. The minimum atomic E-state index is -0.968. The minimum absolute atomic E-state index is 0.0561. The Hall–Kier alpha value is -2.80. The number of nitrogens with zero attached hydrogens (tertiary/aromatic N) is 1. The van der Waals surface area contributed by atoms with Crippen LogP contribution in [0.1, 0.15) is 28.4 Å². The molecule has 7 heteroatoms. The normalized spacial score (nSPS) is 11.5. The van der Waals surface area contributed by atoms with Gasteiger partial charge in [-0.25, -0.2) is 4.79 Å². The van der Waals surface area contributed by atoms with E-state index < -0.39 is 18.0 Å². The number of carbonyl (C=O) groups excluding carboxylic acids is 3. The average Bonchev–Trinajstić information content (AvgIpc) is 2.68. The zero-order chi connectivity index (χ0) is 21.6. The van der Waals surface area contributed by atoms with E-state index in [1.165, 1.54) is 23.6 Å². The maximum Gasteiger partial charge on any atom is 0.340 e. The summed E-state index contributed by atoms with van der Waals surface area (Å²) in [6.45, 7) is 5.41. The first kappa shape index (κ1) is 22.5. The van der Waals surface area contributed by atoms with Gasteiger partial charge in [0.1, 0.15) is 0 Å². The maximum atomic E-state index is 12.6. The Morgan fingerprint density at radius 1 is 1.10 bits per heavy atom. The molecule has 0 saturated heterocycles. The fourth-order valence-electron chi connectivity index (χ4n) is 2.50. The molecule has 154 valence electrons. The molecule has 0 saturated carbocycles. The summed E-state index contributed by atoms with van der Waals surface area (Å²) < 4.78 is 5.37. The van der Waals surface area contributed by atoms with E-state index in [9.17, 15) is 14.4 Å². The minimum Gasteiger partial charge on any atom is -0.449 e. The third-order valence-corrected chi connectivity index (χ3v) is 5.31. The van der Waals surface area contributed by atoms with E-state index >= 15 is 0 Å². The van der Waals surface area contributed by atoms with Gasteiger partial charge < -0.3 is 15.0 Å². The summed E-state index contributed by atoms with van der Waals surface area (Å²) in [4.78, 5) is 39.0. The van der Waals surface area contributed by atoms with Crippen molar-refractivity contribution in [3.05, 3.63) is 59.2 Å². The number of benzene rings is 2. The van der Waals surface area contributed by atoms with Crippen molar-refractivity contribution in [2.45, 2.75) is 31.8 Å². The highest BCUT2D eigenvalue weighted by Gasteiger charge is 2.22. The van der Waals surface area contributed by atoms with Crippen LogP contribution in [-0.4, -0.2) is 48.6 Å². The van der Waals surface area contributed by atoms with E-state index in [1.807, 2.05) is 32.0 Å². The monoisotopic (exact) mass is 414 g/mol. The Labute approximate surface area is 175 Å². The molecule has 0 unspecified atom stereocenters. The first-order valence-electron chi connectivity index (χ1n) is 9.20. The van der Waals surface area contributed by atoms with Crippen LogP contribution in [0.5, 0.6) is 0 Å². The first-order valence-corrected chi connectivity index (χ1v) is 10.2. The molecule has 2 amide bonds. The SMILES string of the molecule is Cc1ccc(NC(=O)[C@H](C)OC(=O)c2ccccc2SCC(=O)N(C)C)c(C)c1. The van der Waals surface area contributed by atoms with Gasteiger partial charge in [0.25, 0.3) is 5.91 Å². The van der Waals surface area contributed by atoms with Gasteiger partial charge in [-0.15, -0.1) is 11.8 Å². The highest BCUT2D eigenvalue weighted by molar-refractivity contribution is 8.00. The van der Waals surface area contributed by atoms with Crippen LogP contribution < -0.4 is 5.32 Å². The summed E-state index contributed by atoms with van der Waals surface area (Å²) in [6, 6.07) is 12.6. The second-order valence-electron chi connectivity index (χ2n) is 6.93. The molecule has 1 atom stereocenters. The van der Waals surface area contributed by atoms with E-state index in [1.54, 1.807) is 38.4 Å². The number of anilines is 1. The molecule has 0 bridgehead atoms. The standard InChI is InChI=1S/C22H26N2O4S/c1-14-10-11-18(15(2)12-14)23-21(26)16(3)28-22(27)17-8-6-7-9-19(17)29-13-20(25)24(4)5/h6-12,16H,13H2,1-5H3,(H,23,26)/t16-/m0/s1. The van der Waals surface area contributed by atoms with Gasteiger partial charge >= 0.3 is 5.97 Å². The number of aryl methyl sites for hydroxylation is 2. The van der Waals surface area contributed by atoms with Crippen molar-refractivity contribution in [3.8, 4) is 0 Å². The second-order valence-corrected chi connectivity index (χ2v) is 7.95. The lowest BCUT2D eigenvalue weighted by molar-refractivity contribution is -0.126. The fraction of sp³-hybridized carbons (Fsp3) is 0.318. The predicted molar refractivity (Wildman–Crippen MR) is 115 cm³/mol. The van der Waals surface area contributed by atoms with Crippen molar-refractivity contribution in [1.82, 2.24) is 4.90 Å². The van der Waals surface area contributed by atoms with Crippen molar-refractivity contribution in [3.63, 3.8) is 0 Å². The molecule has 0 aliphatic rings. The molecule has 0 fully saturated rings. The Bertz CT molecular complexity index is 911. The number of hydrogen-bond donors (Lipinski definition) is 1. The molecule has 2 aromatic carbocycles. The Balaban J connectivity index is 2.03. The molecule has 0 aliphatic carbocycles. The number of amides is 2. The average molecular weight is 415 g/mol. The fourth-order valence-corrected chi connectivity index (χ4v) is 3.51. The van der Waals surface area contributed by atoms with Crippen LogP contribution in [0.4, 0.5) is 5.69 Å². The zero-order valence-electron chi connectivity index (χ0n) is 17.3. The maximum absolute atomic E-state index is 12.6. The quantitative estimate of drug-likeness (QED) is 0.553. The number of hydrogen-bond acceptors (Lipinski definition) is 5. The van der Waals surface area contributed by atoms with E-state index in [4.69, 9.17) is 4.74 Å². The number of thioether (sulfide) groups is 1. The molecule has 29 heavy (non-hydrogen) atoms. The topological polar surface area (TPSA) is 75.7 Å². The van der Waals surface area contributed by atoms with E-state index in [-0.39, 0.29) is 11.7 Å². The van der Waals surface area contributed by atoms with Crippen LogP contribution in [0.2, 0.25) is 0 Å². The van der Waals surface area contributed by atoms with Crippen LogP contribution >= 0.6 is 11.8 Å². The van der Waals surface area contributed by atoms with Crippen molar-refractivity contribution in [1.29, 1.82) is 0 Å². The summed E-state index contributed by atoms with van der Waals surface area (Å²) >= 11 is 1.26. The third-order valence-electron chi connectivity index (χ3n) is 4.25. The third kappa shape index (κ3) is 6.35. The van der Waals surface area contributed by atoms with Crippen molar-refractivity contribution < 1.29 is 19.1 Å². The van der Waals surface area contributed by atoms with Crippen LogP contribution in [0.15, 0.2) is 47.4 Å². The van der Waals surface area contributed by atoms with Crippen LogP contribution in [0, 0.1) is 13.8 Å². The summed E-state index contributed by atoms with van der Waals surface area (Å²) in [5, 5.41) is 2.79. The van der Waals surface area contributed by atoms with Gasteiger partial charge in [0.2, 0.25) is 5.91 Å². The van der Waals surface area contributed by atoms with Gasteiger partial charge in [-0.2, -0.15) is 0 Å². The predicted octanol–water partition coefficient (Wildman–Crippen LogP) is 3.67. The van der Waals surface area contributed by atoms with Crippen molar-refractivity contribution in [2.75, 3.05) is 25.2 Å². The van der Waals surface area contributed by atoms with E-state index in [0.29, 0.717) is 16.1 Å². The lowest BCUT2D eigenvalue weighted by Gasteiger charge is -2.16. The molecule has 0 radical (unpaired) electrons. The summed E-state index contributed by atoms with van der Waals surface area (Å²) in [5.41, 5.74) is 3.04. The van der Waals surface area contributed by atoms with Gasteiger partial charge in [-0.1, -0.05) is 29.8 Å². The second kappa shape index (κ2) is 10.1. The van der Waals surface area contributed by atoms with Crippen LogP contribution in [-0.2, 0) is 14.3 Å². The largest absolute Gasteiger partial charge is 0.449 e. The molecule has 0 spiro atoms. The Kier molecular flexibility index (Phi) is 7.84. The summed E-state index contributed by atoms with van der Waals surface area (Å²) in [7, 11) is 3.36. The van der Waals surface area contributed by atoms with Gasteiger partial charge in [0.15, 0.2) is 6.10 Å². The lowest BCUT2D eigenvalue weighted by Crippen LogP contribution is -2.30. The molecule has 0 heterocycles. The highest BCUT2D eigenvalue weighted by Crippen LogP contribution is 2.24. The Morgan fingerprint density at radius 2 is 1.79 bits per heavy atom. The summed E-state index contributed by atoms with van der Waals surface area (Å²) in [5.74, 6) is -0.855. The number of nitrogens with one attached hydrogen (secondary N) is 1. The molecule has 1 N–H and O–H groups in total. The first-order chi connectivity index (χ1) is 13.7. The highest BCUT2D eigenvalue weighted by atomic mass is 32.2. The number of ether oxygens (including phenoxy) is 1. The number of esters is 1. The van der Waals surface area contributed by atoms with Crippen LogP contribution in [0.3, 0.4) is 0 Å². The van der Waals surface area contributed by atoms with Gasteiger partial charge in [-0.3, -0.25) is 9.59 Å². The molecule has 2 rings (SSSR count). The molecule has 6 nitrogen and oxygen atoms in total. The van der Waals surface area contributed by atoms with Gasteiger partial charge in [-0.05, 0) is 44.5 Å². The summed E-state index contributed by atoms with van der Waals surface area (Å²) in [6.07, 6.45) is -0.968. The van der Waals surface area contributed by atoms with E-state index in [2.05, 4.69) is 5.32 Å².